The molecular formula is C15H13BrN2O3. The van der Waals surface area contributed by atoms with Gasteiger partial charge in [0.05, 0.1) is 4.92 Å². The highest BCUT2D eigenvalue weighted by molar-refractivity contribution is 9.10. The zero-order valence-electron chi connectivity index (χ0n) is 11.5. The van der Waals surface area contributed by atoms with Gasteiger partial charge in [-0.05, 0) is 36.8 Å². The molecule has 2 rings (SSSR count). The molecule has 0 heterocycles. The van der Waals surface area contributed by atoms with Crippen LogP contribution in [0.3, 0.4) is 0 Å². The van der Waals surface area contributed by atoms with Crippen molar-refractivity contribution in [3.63, 3.8) is 0 Å². The first kappa shape index (κ1) is 15.2. The van der Waals surface area contributed by atoms with Crippen LogP contribution in [-0.2, 0) is 0 Å². The molecule has 5 nitrogen and oxygen atoms in total. The lowest BCUT2D eigenvalue weighted by Gasteiger charge is -2.18. The molecule has 0 spiro atoms. The first-order valence-corrected chi connectivity index (χ1v) is 6.98. The molecular weight excluding hydrogens is 336 g/mol. The molecule has 0 radical (unpaired) electrons. The van der Waals surface area contributed by atoms with E-state index in [9.17, 15) is 14.9 Å². The fraction of sp³-hybridized carbons (Fsp3) is 0.133. The lowest BCUT2D eigenvalue weighted by atomic mass is 10.1. The highest BCUT2D eigenvalue weighted by atomic mass is 79.9. The van der Waals surface area contributed by atoms with Crippen molar-refractivity contribution < 1.29 is 9.72 Å². The van der Waals surface area contributed by atoms with Crippen LogP contribution in [0.2, 0.25) is 0 Å². The summed E-state index contributed by atoms with van der Waals surface area (Å²) in [4.78, 5) is 24.2. The van der Waals surface area contributed by atoms with Crippen LogP contribution in [0.15, 0.2) is 46.9 Å². The molecule has 0 atom stereocenters. The van der Waals surface area contributed by atoms with Gasteiger partial charge in [-0.2, -0.15) is 0 Å². The van der Waals surface area contributed by atoms with E-state index in [0.717, 1.165) is 10.0 Å². The maximum Gasteiger partial charge on any atom is 0.269 e. The minimum absolute atomic E-state index is 0.00163. The molecule has 21 heavy (non-hydrogen) atoms. The molecule has 0 aliphatic carbocycles. The Hall–Kier alpha value is -2.21. The summed E-state index contributed by atoms with van der Waals surface area (Å²) in [5.41, 5.74) is 2.06. The van der Waals surface area contributed by atoms with Crippen LogP contribution in [0.25, 0.3) is 0 Å². The van der Waals surface area contributed by atoms with Crippen molar-refractivity contribution in [2.45, 2.75) is 6.92 Å². The quantitative estimate of drug-likeness (QED) is 0.623. The minimum atomic E-state index is -0.468. The summed E-state index contributed by atoms with van der Waals surface area (Å²) < 4.78 is 0.827. The Balaban J connectivity index is 2.30. The highest BCUT2D eigenvalue weighted by Crippen LogP contribution is 2.22. The van der Waals surface area contributed by atoms with Gasteiger partial charge in [0.25, 0.3) is 11.6 Å². The van der Waals surface area contributed by atoms with Gasteiger partial charge in [-0.15, -0.1) is 0 Å². The van der Waals surface area contributed by atoms with Crippen molar-refractivity contribution in [2.75, 3.05) is 11.9 Å². The Morgan fingerprint density at radius 1 is 1.19 bits per heavy atom. The largest absolute Gasteiger partial charge is 0.311 e. The zero-order chi connectivity index (χ0) is 15.6. The van der Waals surface area contributed by atoms with Gasteiger partial charge in [0.2, 0.25) is 0 Å². The first-order valence-electron chi connectivity index (χ1n) is 6.19. The lowest BCUT2D eigenvalue weighted by Crippen LogP contribution is -2.26. The van der Waals surface area contributed by atoms with Crippen molar-refractivity contribution in [1.82, 2.24) is 0 Å². The van der Waals surface area contributed by atoms with Gasteiger partial charge in [-0.3, -0.25) is 14.9 Å². The van der Waals surface area contributed by atoms with E-state index in [0.29, 0.717) is 11.3 Å². The Morgan fingerprint density at radius 2 is 1.81 bits per heavy atom. The van der Waals surface area contributed by atoms with Crippen LogP contribution in [0.1, 0.15) is 15.9 Å². The van der Waals surface area contributed by atoms with Crippen molar-refractivity contribution in [3.8, 4) is 0 Å². The fourth-order valence-corrected chi connectivity index (χ4v) is 2.28. The normalized spacial score (nSPS) is 10.2. The third-order valence-electron chi connectivity index (χ3n) is 3.18. The lowest BCUT2D eigenvalue weighted by molar-refractivity contribution is -0.384. The summed E-state index contributed by atoms with van der Waals surface area (Å²) in [6.07, 6.45) is 0. The van der Waals surface area contributed by atoms with Gasteiger partial charge in [-0.1, -0.05) is 22.0 Å². The second-order valence-corrected chi connectivity index (χ2v) is 5.51. The summed E-state index contributed by atoms with van der Waals surface area (Å²) in [7, 11) is 1.64. The first-order chi connectivity index (χ1) is 9.90. The van der Waals surface area contributed by atoms with Crippen LogP contribution >= 0.6 is 15.9 Å². The van der Waals surface area contributed by atoms with E-state index in [1.165, 1.54) is 17.0 Å². The zero-order valence-corrected chi connectivity index (χ0v) is 13.1. The fourth-order valence-electron chi connectivity index (χ4n) is 1.92. The number of amides is 1. The van der Waals surface area contributed by atoms with Gasteiger partial charge in [-0.25, -0.2) is 0 Å². The summed E-state index contributed by atoms with van der Waals surface area (Å²) in [6.45, 7) is 1.86. The van der Waals surface area contributed by atoms with Crippen molar-refractivity contribution in [3.05, 3.63) is 68.2 Å². The number of non-ortho nitro benzene ring substituents is 1. The number of hydrogen-bond acceptors (Lipinski definition) is 3. The topological polar surface area (TPSA) is 63.5 Å². The molecule has 6 heteroatoms. The Labute approximate surface area is 130 Å². The molecule has 108 valence electrons. The van der Waals surface area contributed by atoms with Crippen LogP contribution in [0, 0.1) is 17.0 Å². The van der Waals surface area contributed by atoms with E-state index in [-0.39, 0.29) is 11.6 Å². The standard InChI is InChI=1S/C15H13BrN2O3/c1-10-3-4-11(16)9-14(10)15(19)17(2)12-5-7-13(8-6-12)18(20)21/h3-9H,1-2H3. The van der Waals surface area contributed by atoms with Crippen molar-refractivity contribution >= 4 is 33.2 Å². The summed E-state index contributed by atoms with van der Waals surface area (Å²) in [6, 6.07) is 11.4. The van der Waals surface area contributed by atoms with E-state index in [2.05, 4.69) is 15.9 Å². The molecule has 0 aliphatic heterocycles. The third-order valence-corrected chi connectivity index (χ3v) is 3.68. The summed E-state index contributed by atoms with van der Waals surface area (Å²) in [5.74, 6) is -0.164. The molecule has 0 bridgehead atoms. The SMILES string of the molecule is Cc1ccc(Br)cc1C(=O)N(C)c1ccc([N+](=O)[O-])cc1. The third kappa shape index (κ3) is 3.28. The molecule has 0 N–H and O–H groups in total. The summed E-state index contributed by atoms with van der Waals surface area (Å²) in [5, 5.41) is 10.6. The number of rotatable bonds is 3. The average Bonchev–Trinajstić information content (AvgIpc) is 2.48. The number of nitro groups is 1. The van der Waals surface area contributed by atoms with E-state index < -0.39 is 4.92 Å². The molecule has 1 amide bonds. The maximum absolute atomic E-state index is 12.5. The number of aryl methyl sites for hydroxylation is 1. The highest BCUT2D eigenvalue weighted by Gasteiger charge is 2.16. The molecule has 0 saturated carbocycles. The molecule has 0 unspecified atom stereocenters. The molecule has 2 aromatic carbocycles. The van der Waals surface area contributed by atoms with Gasteiger partial charge < -0.3 is 4.90 Å². The summed E-state index contributed by atoms with van der Waals surface area (Å²) >= 11 is 3.35. The molecule has 0 saturated heterocycles. The number of carbonyl (C=O) groups is 1. The second kappa shape index (κ2) is 6.05. The average molecular weight is 349 g/mol. The van der Waals surface area contributed by atoms with E-state index in [4.69, 9.17) is 0 Å². The number of carbonyl (C=O) groups excluding carboxylic acids is 1. The van der Waals surface area contributed by atoms with E-state index in [1.54, 1.807) is 25.2 Å². The Morgan fingerprint density at radius 3 is 2.38 bits per heavy atom. The number of halogens is 1. The Kier molecular flexibility index (Phi) is 4.37. The van der Waals surface area contributed by atoms with Crippen molar-refractivity contribution in [1.29, 1.82) is 0 Å². The molecule has 0 fully saturated rings. The number of benzene rings is 2. The maximum atomic E-state index is 12.5. The van der Waals surface area contributed by atoms with Crippen molar-refractivity contribution in [2.24, 2.45) is 0 Å². The monoisotopic (exact) mass is 348 g/mol. The van der Waals surface area contributed by atoms with E-state index >= 15 is 0 Å². The smallest absolute Gasteiger partial charge is 0.269 e. The van der Waals surface area contributed by atoms with Crippen LogP contribution in [0.5, 0.6) is 0 Å². The van der Waals surface area contributed by atoms with Gasteiger partial charge in [0, 0.05) is 34.9 Å². The number of nitro benzene ring substituents is 1. The van der Waals surface area contributed by atoms with Gasteiger partial charge in [0.1, 0.15) is 0 Å². The predicted molar refractivity (Wildman–Crippen MR) is 84.7 cm³/mol. The number of nitrogens with zero attached hydrogens (tertiary/aromatic N) is 2. The second-order valence-electron chi connectivity index (χ2n) is 4.60. The number of anilines is 1. The molecule has 0 aromatic heterocycles. The number of hydrogen-bond donors (Lipinski definition) is 0. The van der Waals surface area contributed by atoms with Gasteiger partial charge in [0.15, 0.2) is 0 Å². The predicted octanol–water partition coefficient (Wildman–Crippen LogP) is 3.94. The minimum Gasteiger partial charge on any atom is -0.311 e. The molecule has 2 aromatic rings. The van der Waals surface area contributed by atoms with E-state index in [1.807, 2.05) is 19.1 Å². The van der Waals surface area contributed by atoms with Crippen LogP contribution < -0.4 is 4.90 Å². The van der Waals surface area contributed by atoms with Crippen LogP contribution in [-0.4, -0.2) is 17.9 Å². The Bertz CT molecular complexity index is 699. The molecule has 0 aliphatic rings. The van der Waals surface area contributed by atoms with Crippen LogP contribution in [0.4, 0.5) is 11.4 Å². The van der Waals surface area contributed by atoms with Gasteiger partial charge >= 0.3 is 0 Å².